The number of hydrogen-bond donors (Lipinski definition) is 1. The van der Waals surface area contributed by atoms with Gasteiger partial charge in [-0.2, -0.15) is 0 Å². The normalized spacial score (nSPS) is 16.2. The van der Waals surface area contributed by atoms with E-state index in [1.54, 1.807) is 0 Å². The molecule has 0 saturated carbocycles. The van der Waals surface area contributed by atoms with Gasteiger partial charge in [-0.25, -0.2) is 0 Å². The zero-order chi connectivity index (χ0) is 14.3. The summed E-state index contributed by atoms with van der Waals surface area (Å²) in [7, 11) is 0. The second-order valence-electron chi connectivity index (χ2n) is 5.92. The molecule has 104 valence electrons. The van der Waals surface area contributed by atoms with E-state index in [-0.39, 0.29) is 6.04 Å². The number of nitrogens with two attached hydrogens (primary N) is 1. The summed E-state index contributed by atoms with van der Waals surface area (Å²) in [5, 5.41) is 0.802. The zero-order valence-corrected chi connectivity index (χ0v) is 12.7. The predicted molar refractivity (Wildman–Crippen MR) is 85.2 cm³/mol. The summed E-state index contributed by atoms with van der Waals surface area (Å²) in [6.07, 6.45) is 2.11. The minimum atomic E-state index is 0.00852. The van der Waals surface area contributed by atoms with Crippen LogP contribution >= 0.6 is 11.6 Å². The Hall–Kier alpha value is -1.31. The molecule has 0 amide bonds. The van der Waals surface area contributed by atoms with Crippen molar-refractivity contribution < 1.29 is 0 Å². The minimum Gasteiger partial charge on any atom is -0.324 e. The molecule has 0 heterocycles. The van der Waals surface area contributed by atoms with Crippen LogP contribution in [0.15, 0.2) is 36.4 Å². The number of rotatable bonds is 2. The van der Waals surface area contributed by atoms with Crippen LogP contribution in [0.3, 0.4) is 0 Å². The lowest BCUT2D eigenvalue weighted by Crippen LogP contribution is -2.22. The van der Waals surface area contributed by atoms with Gasteiger partial charge in [-0.3, -0.25) is 0 Å². The summed E-state index contributed by atoms with van der Waals surface area (Å²) in [5.74, 6) is 0.451. The van der Waals surface area contributed by atoms with E-state index in [2.05, 4.69) is 44.2 Å². The lowest BCUT2D eigenvalue weighted by atomic mass is 9.90. The third kappa shape index (κ3) is 2.36. The van der Waals surface area contributed by atoms with Gasteiger partial charge in [0.05, 0.1) is 0 Å². The summed E-state index contributed by atoms with van der Waals surface area (Å²) >= 11 is 6.41. The second-order valence-corrected chi connectivity index (χ2v) is 6.33. The fraction of sp³-hybridized carbons (Fsp3) is 0.333. The highest BCUT2D eigenvalue weighted by Crippen LogP contribution is 2.36. The quantitative estimate of drug-likeness (QED) is 0.871. The van der Waals surface area contributed by atoms with Crippen LogP contribution in [0, 0.1) is 19.8 Å². The van der Waals surface area contributed by atoms with Crippen molar-refractivity contribution in [3.63, 3.8) is 0 Å². The molecule has 20 heavy (non-hydrogen) atoms. The molecule has 1 unspecified atom stereocenters. The first-order chi connectivity index (χ1) is 9.56. The first-order valence-electron chi connectivity index (χ1n) is 7.15. The number of benzene rings is 2. The lowest BCUT2D eigenvalue weighted by molar-refractivity contribution is 0.453. The van der Waals surface area contributed by atoms with E-state index in [9.17, 15) is 0 Å². The monoisotopic (exact) mass is 285 g/mol. The number of aryl methyl sites for hydroxylation is 2. The molecule has 1 aliphatic rings. The molecule has 1 atom stereocenters. The van der Waals surface area contributed by atoms with Crippen LogP contribution in [0.5, 0.6) is 0 Å². The Morgan fingerprint density at radius 1 is 1.05 bits per heavy atom. The highest BCUT2D eigenvalue weighted by Gasteiger charge is 2.28. The van der Waals surface area contributed by atoms with Gasteiger partial charge in [0.1, 0.15) is 0 Å². The third-order valence-electron chi connectivity index (χ3n) is 4.56. The van der Waals surface area contributed by atoms with Gasteiger partial charge in [0.25, 0.3) is 0 Å². The Bertz CT molecular complexity index is 623. The molecule has 1 aliphatic carbocycles. The van der Waals surface area contributed by atoms with Crippen molar-refractivity contribution >= 4 is 11.6 Å². The third-order valence-corrected chi connectivity index (χ3v) is 4.89. The lowest BCUT2D eigenvalue weighted by Gasteiger charge is -2.21. The fourth-order valence-corrected chi connectivity index (χ4v) is 3.50. The first kappa shape index (κ1) is 13.7. The molecule has 2 aromatic carbocycles. The maximum Gasteiger partial charge on any atom is 0.0456 e. The van der Waals surface area contributed by atoms with Gasteiger partial charge >= 0.3 is 0 Å². The maximum absolute atomic E-state index is 6.52. The second kappa shape index (κ2) is 5.23. The summed E-state index contributed by atoms with van der Waals surface area (Å²) in [6, 6.07) is 12.8. The van der Waals surface area contributed by atoms with Crippen LogP contribution in [0.1, 0.15) is 33.9 Å². The zero-order valence-electron chi connectivity index (χ0n) is 12.0. The SMILES string of the molecule is Cc1cc(Cl)c(C(N)C2Cc3ccccc3C2)cc1C. The van der Waals surface area contributed by atoms with E-state index < -0.39 is 0 Å². The average molecular weight is 286 g/mol. The van der Waals surface area contributed by atoms with Crippen LogP contribution < -0.4 is 5.73 Å². The van der Waals surface area contributed by atoms with Crippen molar-refractivity contribution in [2.45, 2.75) is 32.7 Å². The molecule has 0 bridgehead atoms. The van der Waals surface area contributed by atoms with Crippen LogP contribution in [-0.2, 0) is 12.8 Å². The molecule has 1 nitrogen and oxygen atoms in total. The van der Waals surface area contributed by atoms with Crippen molar-refractivity contribution in [1.82, 2.24) is 0 Å². The molecule has 0 spiro atoms. The summed E-state index contributed by atoms with van der Waals surface area (Å²) < 4.78 is 0. The standard InChI is InChI=1S/C18H20ClN/c1-11-7-16(17(19)8-12(11)2)18(20)15-9-13-5-3-4-6-14(13)10-15/h3-8,15,18H,9-10,20H2,1-2H3. The van der Waals surface area contributed by atoms with Crippen molar-refractivity contribution in [3.05, 3.63) is 69.2 Å². The highest BCUT2D eigenvalue weighted by molar-refractivity contribution is 6.31. The van der Waals surface area contributed by atoms with Crippen molar-refractivity contribution in [1.29, 1.82) is 0 Å². The largest absolute Gasteiger partial charge is 0.324 e. The van der Waals surface area contributed by atoms with E-state index >= 15 is 0 Å². The van der Waals surface area contributed by atoms with E-state index in [0.29, 0.717) is 5.92 Å². The van der Waals surface area contributed by atoms with Gasteiger partial charge in [-0.1, -0.05) is 41.9 Å². The van der Waals surface area contributed by atoms with E-state index in [1.807, 2.05) is 6.07 Å². The molecular formula is C18H20ClN. The van der Waals surface area contributed by atoms with Gasteiger partial charge in [-0.05, 0) is 66.5 Å². The van der Waals surface area contributed by atoms with Gasteiger partial charge < -0.3 is 5.73 Å². The first-order valence-corrected chi connectivity index (χ1v) is 7.53. The van der Waals surface area contributed by atoms with Gasteiger partial charge in [0.15, 0.2) is 0 Å². The number of hydrogen-bond acceptors (Lipinski definition) is 1. The van der Waals surface area contributed by atoms with E-state index in [4.69, 9.17) is 17.3 Å². The molecule has 2 aromatic rings. The van der Waals surface area contributed by atoms with Crippen LogP contribution in [0.2, 0.25) is 5.02 Å². The molecule has 0 saturated heterocycles. The number of halogens is 1. The van der Waals surface area contributed by atoms with Crippen LogP contribution in [0.25, 0.3) is 0 Å². The topological polar surface area (TPSA) is 26.0 Å². The minimum absolute atomic E-state index is 0.00852. The van der Waals surface area contributed by atoms with Crippen LogP contribution in [-0.4, -0.2) is 0 Å². The molecule has 0 aliphatic heterocycles. The Kier molecular flexibility index (Phi) is 3.57. The molecule has 0 radical (unpaired) electrons. The van der Waals surface area contributed by atoms with E-state index in [1.165, 1.54) is 22.3 Å². The van der Waals surface area contributed by atoms with E-state index in [0.717, 1.165) is 23.4 Å². The molecule has 2 heteroatoms. The molecule has 0 fully saturated rings. The summed E-state index contributed by atoms with van der Waals surface area (Å²) in [4.78, 5) is 0. The summed E-state index contributed by atoms with van der Waals surface area (Å²) in [5.41, 5.74) is 13.0. The van der Waals surface area contributed by atoms with Crippen molar-refractivity contribution in [2.24, 2.45) is 11.7 Å². The fourth-order valence-electron chi connectivity index (χ4n) is 3.16. The Balaban J connectivity index is 1.88. The Morgan fingerprint density at radius 2 is 1.60 bits per heavy atom. The van der Waals surface area contributed by atoms with Gasteiger partial charge in [-0.15, -0.1) is 0 Å². The van der Waals surface area contributed by atoms with Gasteiger partial charge in [0, 0.05) is 11.1 Å². The number of fused-ring (bicyclic) bond motifs is 1. The molecule has 0 aromatic heterocycles. The van der Waals surface area contributed by atoms with Crippen molar-refractivity contribution in [2.75, 3.05) is 0 Å². The molecule has 3 rings (SSSR count). The smallest absolute Gasteiger partial charge is 0.0456 e. The molecular weight excluding hydrogens is 266 g/mol. The maximum atomic E-state index is 6.52. The van der Waals surface area contributed by atoms with Crippen LogP contribution in [0.4, 0.5) is 0 Å². The van der Waals surface area contributed by atoms with Gasteiger partial charge in [0.2, 0.25) is 0 Å². The average Bonchev–Trinajstić information content (AvgIpc) is 2.86. The molecule has 2 N–H and O–H groups in total. The summed E-state index contributed by atoms with van der Waals surface area (Å²) in [6.45, 7) is 4.20. The highest BCUT2D eigenvalue weighted by atomic mass is 35.5. The Labute approximate surface area is 125 Å². The van der Waals surface area contributed by atoms with Crippen molar-refractivity contribution in [3.8, 4) is 0 Å². The Morgan fingerprint density at radius 3 is 2.20 bits per heavy atom. The predicted octanol–water partition coefficient (Wildman–Crippen LogP) is 4.37.